The molecule has 0 bridgehead atoms. The fourth-order valence-electron chi connectivity index (χ4n) is 5.62. The first-order chi connectivity index (χ1) is 18.3. The van der Waals surface area contributed by atoms with E-state index in [9.17, 15) is 0 Å². The molecular formula is C32H34IO4+. The lowest BCUT2D eigenvalue weighted by molar-refractivity contribution is -0.636. The molecule has 0 radical (unpaired) electrons. The van der Waals surface area contributed by atoms with E-state index in [1.165, 1.54) is 75.3 Å². The van der Waals surface area contributed by atoms with Crippen LogP contribution in [-0.4, -0.2) is 0 Å². The molecule has 2 heterocycles. The van der Waals surface area contributed by atoms with Gasteiger partial charge in [-0.3, -0.25) is 0 Å². The smallest absolute Gasteiger partial charge is 0.426 e. The van der Waals surface area contributed by atoms with Gasteiger partial charge in [0.05, 0.1) is 0 Å². The molecule has 37 heavy (non-hydrogen) atoms. The summed E-state index contributed by atoms with van der Waals surface area (Å²) in [6.07, 6.45) is 13.3. The van der Waals surface area contributed by atoms with Crippen molar-refractivity contribution in [1.29, 1.82) is 0 Å². The Morgan fingerprint density at radius 2 is 0.892 bits per heavy atom. The van der Waals surface area contributed by atoms with E-state index in [1.54, 1.807) is 0 Å². The second-order valence-electron chi connectivity index (χ2n) is 10.2. The minimum absolute atomic E-state index is 0.515. The van der Waals surface area contributed by atoms with E-state index in [1.807, 2.05) is 24.3 Å². The van der Waals surface area contributed by atoms with Crippen molar-refractivity contribution in [3.63, 3.8) is 0 Å². The number of rotatable bonds is 8. The number of hydrogen-bond donors (Lipinski definition) is 0. The van der Waals surface area contributed by atoms with Crippen molar-refractivity contribution < 1.29 is 39.5 Å². The zero-order valence-electron chi connectivity index (χ0n) is 21.2. The van der Waals surface area contributed by atoms with Crippen LogP contribution in [0.25, 0.3) is 0 Å². The number of hydrogen-bond acceptors (Lipinski definition) is 4. The maximum atomic E-state index is 5.97. The van der Waals surface area contributed by atoms with Gasteiger partial charge in [0.15, 0.2) is 0 Å². The molecule has 4 nitrogen and oxygen atoms in total. The monoisotopic (exact) mass is 609 g/mol. The van der Waals surface area contributed by atoms with Gasteiger partial charge in [0.25, 0.3) is 11.9 Å². The minimum atomic E-state index is -0.605. The predicted molar refractivity (Wildman–Crippen MR) is 139 cm³/mol. The van der Waals surface area contributed by atoms with Gasteiger partial charge >= 0.3 is 28.7 Å². The number of halogens is 1. The summed E-state index contributed by atoms with van der Waals surface area (Å²) in [5.74, 6) is 4.04. The first kappa shape index (κ1) is 24.7. The highest BCUT2D eigenvalue weighted by Gasteiger charge is 2.26. The van der Waals surface area contributed by atoms with Gasteiger partial charge in [0, 0.05) is 24.3 Å². The second kappa shape index (κ2) is 11.8. The Bertz CT molecular complexity index is 1160. The third-order valence-electron chi connectivity index (χ3n) is 7.63. The fourth-order valence-corrected chi connectivity index (χ4v) is 7.52. The van der Waals surface area contributed by atoms with Gasteiger partial charge < -0.3 is 18.3 Å². The zero-order chi connectivity index (χ0) is 24.9. The molecule has 2 aromatic heterocycles. The van der Waals surface area contributed by atoms with Crippen LogP contribution in [0.1, 0.15) is 87.2 Å². The van der Waals surface area contributed by atoms with Crippen LogP contribution in [0.3, 0.4) is 0 Å². The topological polar surface area (TPSA) is 44.7 Å². The lowest BCUT2D eigenvalue weighted by Crippen LogP contribution is -3.61. The molecule has 2 aromatic carbocycles. The van der Waals surface area contributed by atoms with Crippen LogP contribution in [0.15, 0.2) is 81.6 Å². The molecular weight excluding hydrogens is 575 g/mol. The third-order valence-corrected chi connectivity index (χ3v) is 9.86. The Hall–Kier alpha value is -2.67. The molecule has 0 aliphatic heterocycles. The van der Waals surface area contributed by atoms with Crippen LogP contribution in [0.2, 0.25) is 0 Å². The van der Waals surface area contributed by atoms with Crippen LogP contribution < -0.4 is 30.7 Å². The van der Waals surface area contributed by atoms with Gasteiger partial charge in [-0.15, -0.1) is 0 Å². The van der Waals surface area contributed by atoms with E-state index >= 15 is 0 Å². The molecule has 2 saturated carbocycles. The second-order valence-corrected chi connectivity index (χ2v) is 12.9. The number of furan rings is 2. The summed E-state index contributed by atoms with van der Waals surface area (Å²) in [5.41, 5.74) is 2.85. The standard InChI is InChI=1S/C32H34IO4/c1-3-7-23(8-4-1)25-11-15-27(16-12-25)34-31-21-19-29(36-31)33-30-20-22-32(37-30)35-28-17-13-26(14-18-28)24-9-5-2-6-10-24/h11-24H,1-10H2/q+1. The Kier molecular flexibility index (Phi) is 7.86. The molecule has 0 saturated heterocycles. The lowest BCUT2D eigenvalue weighted by Gasteiger charge is -2.21. The first-order valence-electron chi connectivity index (χ1n) is 13.7. The molecule has 4 aromatic rings. The highest BCUT2D eigenvalue weighted by Crippen LogP contribution is 2.35. The number of benzene rings is 2. The van der Waals surface area contributed by atoms with Crippen molar-refractivity contribution >= 4 is 0 Å². The summed E-state index contributed by atoms with van der Waals surface area (Å²) in [4.78, 5) is 0. The summed E-state index contributed by atoms with van der Waals surface area (Å²) < 4.78 is 25.7. The van der Waals surface area contributed by atoms with E-state index < -0.39 is 21.2 Å². The molecule has 6 rings (SSSR count). The van der Waals surface area contributed by atoms with Gasteiger partial charge in [-0.25, -0.2) is 0 Å². The van der Waals surface area contributed by atoms with Gasteiger partial charge in [-0.2, -0.15) is 0 Å². The van der Waals surface area contributed by atoms with Crippen LogP contribution in [-0.2, 0) is 0 Å². The SMILES string of the molecule is c1cc(C2CCCCC2)ccc1Oc1ccc([I+]c2ccc(Oc3ccc(C4CCCCC4)cc3)o2)o1. The van der Waals surface area contributed by atoms with Crippen molar-refractivity contribution in [3.05, 3.63) is 91.5 Å². The van der Waals surface area contributed by atoms with Gasteiger partial charge in [-0.1, -0.05) is 62.8 Å². The van der Waals surface area contributed by atoms with Crippen molar-refractivity contribution in [3.8, 4) is 23.4 Å². The molecule has 0 N–H and O–H groups in total. The zero-order valence-corrected chi connectivity index (χ0v) is 23.3. The molecule has 5 heteroatoms. The Morgan fingerprint density at radius 1 is 0.486 bits per heavy atom. The summed E-state index contributed by atoms with van der Waals surface area (Å²) >= 11 is -0.605. The third kappa shape index (κ3) is 6.43. The fraction of sp³-hybridized carbons (Fsp3) is 0.375. The van der Waals surface area contributed by atoms with Crippen LogP contribution in [0.5, 0.6) is 23.4 Å². The van der Waals surface area contributed by atoms with Crippen molar-refractivity contribution in [2.45, 2.75) is 76.0 Å². The van der Waals surface area contributed by atoms with Crippen molar-refractivity contribution in [2.75, 3.05) is 0 Å². The minimum Gasteiger partial charge on any atom is -0.426 e. The highest BCUT2D eigenvalue weighted by molar-refractivity contribution is 5.33. The Balaban J connectivity index is 1.02. The first-order valence-corrected chi connectivity index (χ1v) is 15.8. The van der Waals surface area contributed by atoms with Crippen molar-refractivity contribution in [2.24, 2.45) is 0 Å². The molecule has 2 aliphatic carbocycles. The molecule has 0 atom stereocenters. The van der Waals surface area contributed by atoms with E-state index in [2.05, 4.69) is 48.5 Å². The van der Waals surface area contributed by atoms with Gasteiger partial charge in [0.1, 0.15) is 11.5 Å². The quantitative estimate of drug-likeness (QED) is 0.209. The molecule has 192 valence electrons. The summed E-state index contributed by atoms with van der Waals surface area (Å²) in [5, 5.41) is 0. The predicted octanol–water partition coefficient (Wildman–Crippen LogP) is 6.68. The summed E-state index contributed by atoms with van der Waals surface area (Å²) in [6, 6.07) is 24.8. The molecule has 0 unspecified atom stereocenters. The average molecular weight is 610 g/mol. The molecule has 2 fully saturated rings. The van der Waals surface area contributed by atoms with E-state index in [4.69, 9.17) is 18.3 Å². The highest BCUT2D eigenvalue weighted by atomic mass is 127. The largest absolute Gasteiger partial charge is 0.443 e. The van der Waals surface area contributed by atoms with Gasteiger partial charge in [-0.05, 0) is 72.9 Å². The molecule has 2 aliphatic rings. The normalized spacial score (nSPS) is 17.1. The number of ether oxygens (including phenoxy) is 2. The maximum Gasteiger partial charge on any atom is 0.443 e. The van der Waals surface area contributed by atoms with Gasteiger partial charge in [0.2, 0.25) is 0 Å². The summed E-state index contributed by atoms with van der Waals surface area (Å²) in [6.45, 7) is 0. The van der Waals surface area contributed by atoms with E-state index in [0.717, 1.165) is 19.0 Å². The van der Waals surface area contributed by atoms with Crippen molar-refractivity contribution in [1.82, 2.24) is 0 Å². The Labute approximate surface area is 229 Å². The van der Waals surface area contributed by atoms with E-state index in [0.29, 0.717) is 23.7 Å². The van der Waals surface area contributed by atoms with E-state index in [-0.39, 0.29) is 0 Å². The van der Waals surface area contributed by atoms with Crippen LogP contribution in [0.4, 0.5) is 0 Å². The summed E-state index contributed by atoms with van der Waals surface area (Å²) in [7, 11) is 0. The van der Waals surface area contributed by atoms with Crippen LogP contribution >= 0.6 is 0 Å². The maximum absolute atomic E-state index is 5.97. The molecule has 0 spiro atoms. The lowest BCUT2D eigenvalue weighted by atomic mass is 9.84. The average Bonchev–Trinajstić information content (AvgIpc) is 3.59. The van der Waals surface area contributed by atoms with Crippen LogP contribution in [0, 0.1) is 7.53 Å². The molecule has 0 amide bonds. The Morgan fingerprint density at radius 3 is 1.30 bits per heavy atom.